The Hall–Kier alpha value is -3.19. The zero-order valence-electron chi connectivity index (χ0n) is 16.6. The maximum Gasteiger partial charge on any atom is 0.329 e. The van der Waals surface area contributed by atoms with Gasteiger partial charge in [0.1, 0.15) is 12.4 Å². The standard InChI is InChI=1S/C23H23FN2O4/c1-13-8-18-22(19(9-13)30-12-20(27)28)21-16(23(25)29)6-3-7-17(21)26(18)11-14-4-2-5-15(24)10-14/h2-7,10,13,19H,8-9,11-12H2,1H3,(H2,25,29)(H,27,28). The molecule has 3 N–H and O–H groups in total. The molecule has 2 aromatic carbocycles. The van der Waals surface area contributed by atoms with Gasteiger partial charge in [0.15, 0.2) is 0 Å². The van der Waals surface area contributed by atoms with Crippen molar-refractivity contribution in [1.82, 2.24) is 4.57 Å². The van der Waals surface area contributed by atoms with Crippen LogP contribution in [0.25, 0.3) is 10.9 Å². The van der Waals surface area contributed by atoms with Gasteiger partial charge in [0.2, 0.25) is 5.91 Å². The SMILES string of the molecule is CC1Cc2c(c3c(C(N)=O)cccc3n2Cc2cccc(F)c2)C(OCC(=O)O)C1. The number of aliphatic carboxylic acids is 1. The van der Waals surface area contributed by atoms with E-state index in [2.05, 4.69) is 11.5 Å². The molecule has 30 heavy (non-hydrogen) atoms. The molecule has 1 amide bonds. The number of carboxylic acids is 1. The molecule has 4 rings (SSSR count). The van der Waals surface area contributed by atoms with E-state index in [9.17, 15) is 14.0 Å². The molecular weight excluding hydrogens is 387 g/mol. The summed E-state index contributed by atoms with van der Waals surface area (Å²) in [5.41, 5.74) is 9.41. The lowest BCUT2D eigenvalue weighted by molar-refractivity contribution is -0.145. The minimum Gasteiger partial charge on any atom is -0.480 e. The summed E-state index contributed by atoms with van der Waals surface area (Å²) < 4.78 is 21.6. The van der Waals surface area contributed by atoms with E-state index < -0.39 is 24.6 Å². The fourth-order valence-corrected chi connectivity index (χ4v) is 4.47. The number of carbonyl (C=O) groups excluding carboxylic acids is 1. The number of carbonyl (C=O) groups is 2. The molecule has 2 atom stereocenters. The minimum atomic E-state index is -1.05. The van der Waals surface area contributed by atoms with E-state index in [-0.39, 0.29) is 11.7 Å². The fraction of sp³-hybridized carbons (Fsp3) is 0.304. The maximum absolute atomic E-state index is 13.8. The topological polar surface area (TPSA) is 94.5 Å². The van der Waals surface area contributed by atoms with Crippen LogP contribution in [0.1, 0.15) is 46.6 Å². The molecule has 3 aromatic rings. The number of ether oxygens (including phenoxy) is 1. The van der Waals surface area contributed by atoms with Gasteiger partial charge in [0.25, 0.3) is 0 Å². The molecule has 1 aliphatic rings. The Morgan fingerprint density at radius 2 is 2.03 bits per heavy atom. The highest BCUT2D eigenvalue weighted by Gasteiger charge is 2.33. The number of aromatic nitrogens is 1. The normalized spacial score (nSPS) is 18.3. The Bertz CT molecular complexity index is 1140. The molecule has 2 unspecified atom stereocenters. The molecule has 0 saturated carbocycles. The van der Waals surface area contributed by atoms with Gasteiger partial charge in [-0.15, -0.1) is 0 Å². The fourth-order valence-electron chi connectivity index (χ4n) is 4.47. The van der Waals surface area contributed by atoms with Crippen molar-refractivity contribution in [3.63, 3.8) is 0 Å². The van der Waals surface area contributed by atoms with Crippen molar-refractivity contribution in [3.05, 3.63) is 70.7 Å². The van der Waals surface area contributed by atoms with Crippen LogP contribution in [0.3, 0.4) is 0 Å². The third kappa shape index (κ3) is 3.68. The van der Waals surface area contributed by atoms with Crippen LogP contribution >= 0.6 is 0 Å². The quantitative estimate of drug-likeness (QED) is 0.649. The first kappa shape index (κ1) is 20.1. The van der Waals surface area contributed by atoms with Gasteiger partial charge in [-0.3, -0.25) is 4.79 Å². The van der Waals surface area contributed by atoms with E-state index in [0.717, 1.165) is 28.8 Å². The molecule has 1 aliphatic carbocycles. The largest absolute Gasteiger partial charge is 0.480 e. The second-order valence-electron chi connectivity index (χ2n) is 7.88. The summed E-state index contributed by atoms with van der Waals surface area (Å²) in [4.78, 5) is 23.3. The van der Waals surface area contributed by atoms with Gasteiger partial charge in [-0.2, -0.15) is 0 Å². The number of carboxylic acid groups (broad SMARTS) is 1. The van der Waals surface area contributed by atoms with Crippen molar-refractivity contribution in [2.45, 2.75) is 32.4 Å². The molecule has 6 nitrogen and oxygen atoms in total. The Balaban J connectivity index is 1.94. The smallest absolute Gasteiger partial charge is 0.329 e. The Kier molecular flexibility index (Phi) is 5.30. The van der Waals surface area contributed by atoms with Crippen molar-refractivity contribution in [3.8, 4) is 0 Å². The Morgan fingerprint density at radius 3 is 2.73 bits per heavy atom. The molecule has 0 bridgehead atoms. The van der Waals surface area contributed by atoms with Gasteiger partial charge in [0, 0.05) is 34.3 Å². The van der Waals surface area contributed by atoms with E-state index in [1.165, 1.54) is 12.1 Å². The Morgan fingerprint density at radius 1 is 1.27 bits per heavy atom. The third-order valence-electron chi connectivity index (χ3n) is 5.62. The molecule has 1 heterocycles. The number of amides is 1. The van der Waals surface area contributed by atoms with Crippen molar-refractivity contribution >= 4 is 22.8 Å². The van der Waals surface area contributed by atoms with Crippen molar-refractivity contribution in [1.29, 1.82) is 0 Å². The summed E-state index contributed by atoms with van der Waals surface area (Å²) in [7, 11) is 0. The predicted molar refractivity (Wildman–Crippen MR) is 110 cm³/mol. The summed E-state index contributed by atoms with van der Waals surface area (Å²) in [6.45, 7) is 2.08. The van der Waals surface area contributed by atoms with Crippen molar-refractivity contribution < 1.29 is 23.8 Å². The highest BCUT2D eigenvalue weighted by atomic mass is 19.1. The van der Waals surface area contributed by atoms with Gasteiger partial charge in [0.05, 0.1) is 6.10 Å². The summed E-state index contributed by atoms with van der Waals surface area (Å²) in [5, 5.41) is 9.79. The highest BCUT2D eigenvalue weighted by molar-refractivity contribution is 6.07. The number of rotatable bonds is 6. The van der Waals surface area contributed by atoms with Crippen LogP contribution in [0.5, 0.6) is 0 Å². The third-order valence-corrected chi connectivity index (χ3v) is 5.62. The van der Waals surface area contributed by atoms with Crippen LogP contribution < -0.4 is 5.73 Å². The van der Waals surface area contributed by atoms with E-state index >= 15 is 0 Å². The number of benzene rings is 2. The first-order valence-corrected chi connectivity index (χ1v) is 9.86. The van der Waals surface area contributed by atoms with E-state index in [1.807, 2.05) is 12.1 Å². The lowest BCUT2D eigenvalue weighted by atomic mass is 9.85. The van der Waals surface area contributed by atoms with E-state index in [1.54, 1.807) is 18.2 Å². The van der Waals surface area contributed by atoms with Gasteiger partial charge in [-0.05, 0) is 48.6 Å². The van der Waals surface area contributed by atoms with E-state index in [0.29, 0.717) is 23.9 Å². The van der Waals surface area contributed by atoms with Crippen LogP contribution in [0.4, 0.5) is 4.39 Å². The number of primary amides is 1. The first-order valence-electron chi connectivity index (χ1n) is 9.86. The second-order valence-corrected chi connectivity index (χ2v) is 7.88. The van der Waals surface area contributed by atoms with Crippen LogP contribution in [0, 0.1) is 11.7 Å². The molecule has 0 spiro atoms. The number of fused-ring (bicyclic) bond motifs is 3. The molecule has 1 aromatic heterocycles. The summed E-state index contributed by atoms with van der Waals surface area (Å²) in [6, 6.07) is 11.7. The number of hydrogen-bond donors (Lipinski definition) is 2. The van der Waals surface area contributed by atoms with Crippen LogP contribution in [-0.4, -0.2) is 28.2 Å². The lowest BCUT2D eigenvalue weighted by Gasteiger charge is -2.29. The summed E-state index contributed by atoms with van der Waals surface area (Å²) in [5.74, 6) is -1.66. The van der Waals surface area contributed by atoms with Gasteiger partial charge in [-0.1, -0.05) is 25.1 Å². The molecule has 0 saturated heterocycles. The molecule has 0 radical (unpaired) electrons. The van der Waals surface area contributed by atoms with Crippen LogP contribution in [0.15, 0.2) is 42.5 Å². The summed E-state index contributed by atoms with van der Waals surface area (Å²) >= 11 is 0. The monoisotopic (exact) mass is 410 g/mol. The number of halogens is 1. The first-order chi connectivity index (χ1) is 14.3. The molecule has 0 aliphatic heterocycles. The molecular formula is C23H23FN2O4. The minimum absolute atomic E-state index is 0.254. The molecule has 7 heteroatoms. The summed E-state index contributed by atoms with van der Waals surface area (Å²) in [6.07, 6.45) is 0.924. The molecule has 0 fully saturated rings. The lowest BCUT2D eigenvalue weighted by Crippen LogP contribution is -2.23. The van der Waals surface area contributed by atoms with Gasteiger partial charge in [-0.25, -0.2) is 9.18 Å². The Labute approximate surface area is 173 Å². The number of nitrogens with two attached hydrogens (primary N) is 1. The van der Waals surface area contributed by atoms with Gasteiger partial charge >= 0.3 is 5.97 Å². The zero-order valence-corrected chi connectivity index (χ0v) is 16.6. The zero-order chi connectivity index (χ0) is 21.4. The van der Waals surface area contributed by atoms with Crippen LogP contribution in [-0.2, 0) is 22.5 Å². The number of nitrogens with zero attached hydrogens (tertiary/aromatic N) is 1. The van der Waals surface area contributed by atoms with E-state index in [4.69, 9.17) is 15.6 Å². The van der Waals surface area contributed by atoms with Crippen LogP contribution in [0.2, 0.25) is 0 Å². The van der Waals surface area contributed by atoms with Crippen molar-refractivity contribution in [2.24, 2.45) is 11.7 Å². The number of hydrogen-bond acceptors (Lipinski definition) is 3. The predicted octanol–water partition coefficient (Wildman–Crippen LogP) is 3.65. The average molecular weight is 410 g/mol. The van der Waals surface area contributed by atoms with Gasteiger partial charge < -0.3 is 20.1 Å². The van der Waals surface area contributed by atoms with Crippen molar-refractivity contribution in [2.75, 3.05) is 6.61 Å². The maximum atomic E-state index is 13.8. The second kappa shape index (κ2) is 7.91. The highest BCUT2D eigenvalue weighted by Crippen LogP contribution is 2.43. The molecule has 156 valence electrons. The average Bonchev–Trinajstić information content (AvgIpc) is 2.99.